The Hall–Kier alpha value is -2.86. The maximum Gasteiger partial charge on any atom is 0.323 e. The summed E-state index contributed by atoms with van der Waals surface area (Å²) in [5.41, 5.74) is 3.62. The first-order valence-electron chi connectivity index (χ1n) is 9.96. The Morgan fingerprint density at radius 3 is 2.70 bits per heavy atom. The lowest BCUT2D eigenvalue weighted by Crippen LogP contribution is -2.39. The molecular formula is C23H22ClFN2O3. The predicted molar refractivity (Wildman–Crippen MR) is 113 cm³/mol. The molecule has 2 aromatic carbocycles. The van der Waals surface area contributed by atoms with Gasteiger partial charge in [-0.05, 0) is 67.1 Å². The Labute approximate surface area is 178 Å². The van der Waals surface area contributed by atoms with Crippen molar-refractivity contribution < 1.29 is 19.1 Å². The number of hydrogen-bond donors (Lipinski definition) is 2. The second kappa shape index (κ2) is 8.48. The van der Waals surface area contributed by atoms with Crippen LogP contribution < -0.4 is 5.32 Å². The number of halogens is 2. The normalized spacial score (nSPS) is 15.7. The van der Waals surface area contributed by atoms with Gasteiger partial charge in [-0.15, -0.1) is 0 Å². The highest BCUT2D eigenvalue weighted by Gasteiger charge is 2.27. The lowest BCUT2D eigenvalue weighted by molar-refractivity contribution is -0.137. The zero-order valence-electron chi connectivity index (χ0n) is 16.3. The monoisotopic (exact) mass is 428 g/mol. The van der Waals surface area contributed by atoms with Crippen LogP contribution in [0.5, 0.6) is 0 Å². The molecule has 0 fully saturated rings. The molecule has 3 aromatic rings. The van der Waals surface area contributed by atoms with E-state index in [9.17, 15) is 19.1 Å². The van der Waals surface area contributed by atoms with Crippen LogP contribution >= 0.6 is 11.6 Å². The maximum atomic E-state index is 13.9. The summed E-state index contributed by atoms with van der Waals surface area (Å²) in [6, 6.07) is 11.8. The number of amides is 1. The fourth-order valence-electron chi connectivity index (χ4n) is 4.27. The van der Waals surface area contributed by atoms with Crippen LogP contribution in [-0.4, -0.2) is 27.6 Å². The molecule has 1 aromatic heterocycles. The van der Waals surface area contributed by atoms with Crippen LogP contribution in [0.3, 0.4) is 0 Å². The van der Waals surface area contributed by atoms with Crippen LogP contribution in [0.1, 0.15) is 29.7 Å². The highest BCUT2D eigenvalue weighted by Crippen LogP contribution is 2.33. The van der Waals surface area contributed by atoms with Crippen molar-refractivity contribution in [3.8, 4) is 0 Å². The molecule has 1 heterocycles. The van der Waals surface area contributed by atoms with Gasteiger partial charge in [0.1, 0.15) is 12.4 Å². The lowest BCUT2D eigenvalue weighted by atomic mass is 9.91. The van der Waals surface area contributed by atoms with Crippen LogP contribution in [0.25, 0.3) is 10.9 Å². The van der Waals surface area contributed by atoms with Crippen LogP contribution in [-0.2, 0) is 35.4 Å². The summed E-state index contributed by atoms with van der Waals surface area (Å²) in [5, 5.41) is 13.8. The molecule has 0 aliphatic heterocycles. The van der Waals surface area contributed by atoms with Crippen molar-refractivity contribution >= 4 is 34.4 Å². The third-order valence-corrected chi connectivity index (χ3v) is 5.89. The molecule has 7 heteroatoms. The van der Waals surface area contributed by atoms with Crippen LogP contribution in [0.4, 0.5) is 4.39 Å². The number of carbonyl (C=O) groups is 2. The van der Waals surface area contributed by atoms with Gasteiger partial charge in [0.25, 0.3) is 0 Å². The molecule has 4 rings (SSSR count). The van der Waals surface area contributed by atoms with Gasteiger partial charge < -0.3 is 15.0 Å². The van der Waals surface area contributed by atoms with Crippen molar-refractivity contribution in [3.63, 3.8) is 0 Å². The Balaban J connectivity index is 1.48. The average Bonchev–Trinajstić information content (AvgIpc) is 2.99. The van der Waals surface area contributed by atoms with E-state index in [-0.39, 0.29) is 24.3 Å². The van der Waals surface area contributed by atoms with Crippen LogP contribution in [0.2, 0.25) is 5.02 Å². The van der Waals surface area contributed by atoms with E-state index in [1.807, 2.05) is 24.3 Å². The van der Waals surface area contributed by atoms with E-state index in [4.69, 9.17) is 11.6 Å². The van der Waals surface area contributed by atoms with Gasteiger partial charge >= 0.3 is 5.97 Å². The highest BCUT2D eigenvalue weighted by atomic mass is 35.5. The van der Waals surface area contributed by atoms with Crippen molar-refractivity contribution in [1.29, 1.82) is 0 Å². The predicted octanol–water partition coefficient (Wildman–Crippen LogP) is 4.12. The minimum atomic E-state index is -0.934. The molecule has 0 radical (unpaired) electrons. The molecule has 0 saturated heterocycles. The fraction of sp³-hybridized carbons (Fsp3) is 0.304. The molecule has 1 unspecified atom stereocenters. The van der Waals surface area contributed by atoms with Crippen molar-refractivity contribution in [3.05, 3.63) is 70.1 Å². The number of aliphatic carboxylic acids is 1. The van der Waals surface area contributed by atoms with Crippen molar-refractivity contribution in [2.75, 3.05) is 0 Å². The van der Waals surface area contributed by atoms with Gasteiger partial charge in [0, 0.05) is 34.1 Å². The number of carbonyl (C=O) groups excluding carboxylic acids is 1. The Bertz CT molecular complexity index is 1110. The molecule has 156 valence electrons. The van der Waals surface area contributed by atoms with Crippen molar-refractivity contribution in [1.82, 2.24) is 9.88 Å². The van der Waals surface area contributed by atoms with E-state index >= 15 is 0 Å². The van der Waals surface area contributed by atoms with Gasteiger partial charge in [0.2, 0.25) is 5.91 Å². The third kappa shape index (κ3) is 4.33. The van der Waals surface area contributed by atoms with Crippen LogP contribution in [0.15, 0.2) is 42.5 Å². The molecule has 0 spiro atoms. The summed E-state index contributed by atoms with van der Waals surface area (Å²) in [5.74, 6) is -1.32. The summed E-state index contributed by atoms with van der Waals surface area (Å²) in [4.78, 5) is 23.8. The summed E-state index contributed by atoms with van der Waals surface area (Å²) in [7, 11) is 0. The van der Waals surface area contributed by atoms with Gasteiger partial charge in [-0.1, -0.05) is 23.7 Å². The number of benzene rings is 2. The number of carboxylic acid groups (broad SMARTS) is 1. The second-order valence-corrected chi connectivity index (χ2v) is 8.14. The molecule has 5 nitrogen and oxygen atoms in total. The number of fused-ring (bicyclic) bond motifs is 3. The second-order valence-electron chi connectivity index (χ2n) is 7.70. The first kappa shape index (κ1) is 20.4. The standard InChI is InChI=1S/C23H22ClFN2O3/c24-15-4-1-14(2-5-15)3-10-22(28)26-17-7-9-21-19(12-17)18-11-16(25)6-8-20(18)27(21)13-23(29)30/h1-2,4-6,8,11,17H,3,7,9-10,12-13H2,(H,26,28)(H,29,30). The molecule has 0 bridgehead atoms. The number of rotatable bonds is 6. The zero-order valence-corrected chi connectivity index (χ0v) is 17.1. The smallest absolute Gasteiger partial charge is 0.323 e. The first-order valence-corrected chi connectivity index (χ1v) is 10.3. The molecule has 30 heavy (non-hydrogen) atoms. The molecule has 0 saturated carbocycles. The van der Waals surface area contributed by atoms with E-state index in [0.717, 1.165) is 34.1 Å². The lowest BCUT2D eigenvalue weighted by Gasteiger charge is -2.25. The molecule has 1 aliphatic carbocycles. The van der Waals surface area contributed by atoms with Crippen molar-refractivity contribution in [2.24, 2.45) is 0 Å². The number of aromatic nitrogens is 1. The number of nitrogens with zero attached hydrogens (tertiary/aromatic N) is 1. The Morgan fingerprint density at radius 1 is 1.20 bits per heavy atom. The SMILES string of the molecule is O=C(O)Cn1c2c(c3cc(F)ccc31)CC(NC(=O)CCc1ccc(Cl)cc1)CC2. The van der Waals surface area contributed by atoms with E-state index in [1.165, 1.54) is 12.1 Å². The summed E-state index contributed by atoms with van der Waals surface area (Å²) in [6.07, 6.45) is 2.93. The van der Waals surface area contributed by atoms with E-state index < -0.39 is 5.97 Å². The minimum absolute atomic E-state index is 0.0288. The summed E-state index contributed by atoms with van der Waals surface area (Å²) < 4.78 is 15.6. The summed E-state index contributed by atoms with van der Waals surface area (Å²) in [6.45, 7) is -0.157. The average molecular weight is 429 g/mol. The number of hydrogen-bond acceptors (Lipinski definition) is 2. The molecule has 1 amide bonds. The zero-order chi connectivity index (χ0) is 21.3. The molecule has 2 N–H and O–H groups in total. The number of aryl methyl sites for hydroxylation is 1. The van der Waals surface area contributed by atoms with Gasteiger partial charge in [0.05, 0.1) is 0 Å². The molecule has 1 aliphatic rings. The molecular weight excluding hydrogens is 407 g/mol. The first-order chi connectivity index (χ1) is 14.4. The van der Waals surface area contributed by atoms with Crippen LogP contribution in [0, 0.1) is 5.82 Å². The van der Waals surface area contributed by atoms with Gasteiger partial charge in [-0.2, -0.15) is 0 Å². The highest BCUT2D eigenvalue weighted by molar-refractivity contribution is 6.30. The quantitative estimate of drug-likeness (QED) is 0.620. The fourth-order valence-corrected chi connectivity index (χ4v) is 4.40. The molecule has 1 atom stereocenters. The third-order valence-electron chi connectivity index (χ3n) is 5.64. The van der Waals surface area contributed by atoms with Gasteiger partial charge in [-0.3, -0.25) is 9.59 Å². The van der Waals surface area contributed by atoms with Crippen molar-refractivity contribution in [2.45, 2.75) is 44.7 Å². The summed E-state index contributed by atoms with van der Waals surface area (Å²) >= 11 is 5.89. The minimum Gasteiger partial charge on any atom is -0.480 e. The van der Waals surface area contributed by atoms with Gasteiger partial charge in [-0.25, -0.2) is 4.39 Å². The largest absolute Gasteiger partial charge is 0.480 e. The maximum absolute atomic E-state index is 13.9. The topological polar surface area (TPSA) is 71.3 Å². The van der Waals surface area contributed by atoms with E-state index in [2.05, 4.69) is 5.32 Å². The van der Waals surface area contributed by atoms with Gasteiger partial charge in [0.15, 0.2) is 0 Å². The number of nitrogens with one attached hydrogen (secondary N) is 1. The Morgan fingerprint density at radius 2 is 1.97 bits per heavy atom. The Kier molecular flexibility index (Phi) is 5.77. The number of carboxylic acids is 1. The van der Waals surface area contributed by atoms with E-state index in [1.54, 1.807) is 10.6 Å². The van der Waals surface area contributed by atoms with E-state index in [0.29, 0.717) is 30.7 Å².